The number of hydrogen-bond acceptors (Lipinski definition) is 4. The minimum Gasteiger partial charge on any atom is -0.508 e. The van der Waals surface area contributed by atoms with E-state index in [1.807, 2.05) is 0 Å². The lowest BCUT2D eigenvalue weighted by molar-refractivity contribution is -0.151. The van der Waals surface area contributed by atoms with Crippen LogP contribution in [0.3, 0.4) is 0 Å². The highest BCUT2D eigenvalue weighted by molar-refractivity contribution is 5.76. The lowest BCUT2D eigenvalue weighted by atomic mass is 10.1. The first kappa shape index (κ1) is 14.9. The third-order valence-corrected chi connectivity index (χ3v) is 3.78. The molecule has 0 radical (unpaired) electrons. The summed E-state index contributed by atoms with van der Waals surface area (Å²) in [5.41, 5.74) is 6.83. The van der Waals surface area contributed by atoms with E-state index in [-0.39, 0.29) is 17.8 Å². The van der Waals surface area contributed by atoms with Crippen LogP contribution in [-0.2, 0) is 16.0 Å². The van der Waals surface area contributed by atoms with Gasteiger partial charge in [0.25, 0.3) is 0 Å². The van der Waals surface area contributed by atoms with E-state index in [1.165, 1.54) is 12.8 Å². The van der Waals surface area contributed by atoms with Crippen LogP contribution in [0.25, 0.3) is 0 Å². The van der Waals surface area contributed by atoms with Crippen molar-refractivity contribution in [2.24, 2.45) is 5.73 Å². The summed E-state index contributed by atoms with van der Waals surface area (Å²) in [6, 6.07) is 6.10. The number of benzene rings is 1. The second kappa shape index (κ2) is 7.29. The molecule has 4 nitrogen and oxygen atoms in total. The Kier molecular flexibility index (Phi) is 5.41. The van der Waals surface area contributed by atoms with Crippen molar-refractivity contribution in [3.8, 4) is 5.75 Å². The van der Waals surface area contributed by atoms with Crippen molar-refractivity contribution >= 4 is 5.97 Å². The van der Waals surface area contributed by atoms with Crippen LogP contribution in [0, 0.1) is 0 Å². The molecule has 1 aromatic carbocycles. The van der Waals surface area contributed by atoms with E-state index < -0.39 is 6.04 Å². The van der Waals surface area contributed by atoms with Gasteiger partial charge in [-0.2, -0.15) is 0 Å². The predicted molar refractivity (Wildman–Crippen MR) is 77.4 cm³/mol. The fraction of sp³-hybridized carbons (Fsp3) is 0.562. The molecule has 110 valence electrons. The molecule has 1 aliphatic rings. The van der Waals surface area contributed by atoms with E-state index in [0.717, 1.165) is 31.2 Å². The molecule has 1 saturated carbocycles. The van der Waals surface area contributed by atoms with Gasteiger partial charge in [0, 0.05) is 0 Å². The van der Waals surface area contributed by atoms with E-state index in [4.69, 9.17) is 10.5 Å². The SMILES string of the molecule is N[C@@H](Cc1ccc(O)cc1)C(=O)OC1CCCCCC1. The summed E-state index contributed by atoms with van der Waals surface area (Å²) in [4.78, 5) is 12.0. The molecular formula is C16H23NO3. The van der Waals surface area contributed by atoms with E-state index in [9.17, 15) is 9.90 Å². The van der Waals surface area contributed by atoms with Crippen molar-refractivity contribution in [1.82, 2.24) is 0 Å². The fourth-order valence-electron chi connectivity index (χ4n) is 2.58. The summed E-state index contributed by atoms with van der Waals surface area (Å²) in [7, 11) is 0. The van der Waals surface area contributed by atoms with Gasteiger partial charge in [-0.3, -0.25) is 4.79 Å². The van der Waals surface area contributed by atoms with Crippen LogP contribution in [0.1, 0.15) is 44.1 Å². The van der Waals surface area contributed by atoms with Crippen molar-refractivity contribution in [2.75, 3.05) is 0 Å². The number of esters is 1. The lowest BCUT2D eigenvalue weighted by Gasteiger charge is -2.18. The number of carbonyl (C=O) groups excluding carboxylic acids is 1. The van der Waals surface area contributed by atoms with Gasteiger partial charge in [-0.25, -0.2) is 0 Å². The minimum atomic E-state index is -0.636. The summed E-state index contributed by atoms with van der Waals surface area (Å²) in [5, 5.41) is 9.22. The van der Waals surface area contributed by atoms with Crippen LogP contribution >= 0.6 is 0 Å². The maximum absolute atomic E-state index is 12.0. The Bertz CT molecular complexity index is 422. The molecule has 0 bridgehead atoms. The topological polar surface area (TPSA) is 72.5 Å². The van der Waals surface area contributed by atoms with Crippen molar-refractivity contribution in [2.45, 2.75) is 57.1 Å². The Balaban J connectivity index is 1.83. The zero-order chi connectivity index (χ0) is 14.4. The summed E-state index contributed by atoms with van der Waals surface area (Å²) in [6.45, 7) is 0. The molecular weight excluding hydrogens is 254 g/mol. The maximum atomic E-state index is 12.0. The molecule has 0 aliphatic heterocycles. The van der Waals surface area contributed by atoms with E-state index >= 15 is 0 Å². The molecule has 0 saturated heterocycles. The molecule has 0 spiro atoms. The van der Waals surface area contributed by atoms with Crippen LogP contribution in [0.5, 0.6) is 5.75 Å². The van der Waals surface area contributed by atoms with Crippen LogP contribution in [0.4, 0.5) is 0 Å². The number of nitrogens with two attached hydrogens (primary N) is 1. The molecule has 1 aromatic rings. The molecule has 0 heterocycles. The molecule has 1 fully saturated rings. The third kappa shape index (κ3) is 4.53. The standard InChI is InChI=1S/C16H23NO3/c17-15(11-12-7-9-13(18)10-8-12)16(19)20-14-5-3-1-2-4-6-14/h7-10,14-15,18H,1-6,11,17H2/t15-/m0/s1. The number of hydrogen-bond donors (Lipinski definition) is 2. The number of phenols is 1. The molecule has 20 heavy (non-hydrogen) atoms. The Labute approximate surface area is 119 Å². The molecule has 0 amide bonds. The molecule has 1 aliphatic carbocycles. The highest BCUT2D eigenvalue weighted by atomic mass is 16.5. The molecule has 4 heteroatoms. The summed E-state index contributed by atoms with van der Waals surface area (Å²) in [6.07, 6.45) is 7.11. The Morgan fingerprint density at radius 1 is 1.20 bits per heavy atom. The average molecular weight is 277 g/mol. The van der Waals surface area contributed by atoms with E-state index in [0.29, 0.717) is 6.42 Å². The van der Waals surface area contributed by atoms with Crippen LogP contribution in [-0.4, -0.2) is 23.2 Å². The van der Waals surface area contributed by atoms with E-state index in [1.54, 1.807) is 24.3 Å². The van der Waals surface area contributed by atoms with Gasteiger partial charge in [0.15, 0.2) is 0 Å². The maximum Gasteiger partial charge on any atom is 0.323 e. The number of carbonyl (C=O) groups is 1. The molecule has 1 atom stereocenters. The van der Waals surface area contributed by atoms with Gasteiger partial charge in [0.2, 0.25) is 0 Å². The Morgan fingerprint density at radius 3 is 2.40 bits per heavy atom. The normalized spacial score (nSPS) is 18.2. The third-order valence-electron chi connectivity index (χ3n) is 3.78. The lowest BCUT2D eigenvalue weighted by Crippen LogP contribution is -2.36. The van der Waals surface area contributed by atoms with Crippen molar-refractivity contribution in [3.63, 3.8) is 0 Å². The van der Waals surface area contributed by atoms with Gasteiger partial charge >= 0.3 is 5.97 Å². The number of aromatic hydroxyl groups is 1. The number of rotatable bonds is 4. The quantitative estimate of drug-likeness (QED) is 0.655. The molecule has 0 unspecified atom stereocenters. The van der Waals surface area contributed by atoms with Crippen molar-refractivity contribution < 1.29 is 14.6 Å². The van der Waals surface area contributed by atoms with Gasteiger partial charge in [-0.05, 0) is 49.8 Å². The summed E-state index contributed by atoms with van der Waals surface area (Å²) < 4.78 is 5.52. The molecule has 0 aromatic heterocycles. The molecule has 2 rings (SSSR count). The molecule has 3 N–H and O–H groups in total. The van der Waals surface area contributed by atoms with Crippen molar-refractivity contribution in [1.29, 1.82) is 0 Å². The smallest absolute Gasteiger partial charge is 0.323 e. The Morgan fingerprint density at radius 2 is 1.80 bits per heavy atom. The van der Waals surface area contributed by atoms with Crippen LogP contribution in [0.2, 0.25) is 0 Å². The number of phenolic OH excluding ortho intramolecular Hbond substituents is 1. The van der Waals surface area contributed by atoms with Crippen LogP contribution in [0.15, 0.2) is 24.3 Å². The summed E-state index contributed by atoms with van der Waals surface area (Å²) >= 11 is 0. The second-order valence-corrected chi connectivity index (χ2v) is 5.53. The fourth-order valence-corrected chi connectivity index (χ4v) is 2.58. The highest BCUT2D eigenvalue weighted by Gasteiger charge is 2.21. The first-order chi connectivity index (χ1) is 9.65. The monoisotopic (exact) mass is 277 g/mol. The van der Waals surface area contributed by atoms with Gasteiger partial charge in [-0.15, -0.1) is 0 Å². The van der Waals surface area contributed by atoms with Crippen molar-refractivity contribution in [3.05, 3.63) is 29.8 Å². The van der Waals surface area contributed by atoms with Gasteiger partial charge in [0.05, 0.1) is 0 Å². The minimum absolute atomic E-state index is 0.0378. The van der Waals surface area contributed by atoms with E-state index in [2.05, 4.69) is 0 Å². The van der Waals surface area contributed by atoms with Gasteiger partial charge < -0.3 is 15.6 Å². The zero-order valence-corrected chi connectivity index (χ0v) is 11.8. The zero-order valence-electron chi connectivity index (χ0n) is 11.8. The van der Waals surface area contributed by atoms with Gasteiger partial charge in [0.1, 0.15) is 17.9 Å². The Hall–Kier alpha value is -1.55. The second-order valence-electron chi connectivity index (χ2n) is 5.53. The predicted octanol–water partition coefficient (Wildman–Crippen LogP) is 2.53. The largest absolute Gasteiger partial charge is 0.508 e. The van der Waals surface area contributed by atoms with Crippen LogP contribution < -0.4 is 5.73 Å². The average Bonchev–Trinajstić information content (AvgIpc) is 2.70. The highest BCUT2D eigenvalue weighted by Crippen LogP contribution is 2.20. The first-order valence-corrected chi connectivity index (χ1v) is 7.39. The number of ether oxygens (including phenoxy) is 1. The summed E-state index contributed by atoms with van der Waals surface area (Å²) in [5.74, 6) is -0.103. The first-order valence-electron chi connectivity index (χ1n) is 7.39. The van der Waals surface area contributed by atoms with Gasteiger partial charge in [-0.1, -0.05) is 25.0 Å².